The number of hydrogen-bond donors (Lipinski definition) is 2. The van der Waals surface area contributed by atoms with E-state index >= 15 is 0 Å². The molecule has 1 aliphatic heterocycles. The molecule has 8 nitrogen and oxygen atoms in total. The zero-order valence-electron chi connectivity index (χ0n) is 11.2. The van der Waals surface area contributed by atoms with Gasteiger partial charge in [-0.2, -0.15) is 18.4 Å². The van der Waals surface area contributed by atoms with E-state index in [1.54, 1.807) is 12.4 Å². The molecule has 0 saturated heterocycles. The van der Waals surface area contributed by atoms with E-state index in [2.05, 4.69) is 35.3 Å². The van der Waals surface area contributed by atoms with Crippen molar-refractivity contribution in [2.24, 2.45) is 10.7 Å². The zero-order valence-corrected chi connectivity index (χ0v) is 11.2. The van der Waals surface area contributed by atoms with Crippen LogP contribution in [0.25, 0.3) is 11.4 Å². The van der Waals surface area contributed by atoms with Crippen molar-refractivity contribution in [1.82, 2.24) is 25.6 Å². The third-order valence-corrected chi connectivity index (χ3v) is 2.57. The number of rotatable bonds is 1. The van der Waals surface area contributed by atoms with Gasteiger partial charge in [-0.3, -0.25) is 4.98 Å². The lowest BCUT2D eigenvalue weighted by molar-refractivity contribution is -0.152. The molecule has 3 heterocycles. The number of ether oxygens (including phenoxy) is 1. The summed E-state index contributed by atoms with van der Waals surface area (Å²) in [6, 6.07) is 1.64. The monoisotopic (exact) mass is 315 g/mol. The number of nitrogens with zero attached hydrogens (tertiary/aromatic N) is 5. The molecule has 0 spiro atoms. The van der Waals surface area contributed by atoms with E-state index < -0.39 is 12.2 Å². The second-order valence-electron chi connectivity index (χ2n) is 4.14. The van der Waals surface area contributed by atoms with Crippen molar-refractivity contribution in [3.8, 4) is 11.4 Å². The van der Waals surface area contributed by atoms with Crippen LogP contribution in [0.3, 0.4) is 0 Å². The molecule has 0 aromatic carbocycles. The summed E-state index contributed by atoms with van der Waals surface area (Å²) in [7, 11) is 0. The highest BCUT2D eigenvalue weighted by Crippen LogP contribution is 2.26. The van der Waals surface area contributed by atoms with Crippen molar-refractivity contribution in [3.05, 3.63) is 24.5 Å². The van der Waals surface area contributed by atoms with Gasteiger partial charge in [-0.25, -0.2) is 4.99 Å². The normalized spacial score (nSPS) is 17.8. The Balaban J connectivity index is 0.000000160. The largest absolute Gasteiger partial charge is 0.465 e. The van der Waals surface area contributed by atoms with Crippen molar-refractivity contribution < 1.29 is 17.9 Å². The highest BCUT2D eigenvalue weighted by atomic mass is 19.4. The first-order chi connectivity index (χ1) is 10.5. The van der Waals surface area contributed by atoms with Gasteiger partial charge in [0.15, 0.2) is 6.04 Å². The summed E-state index contributed by atoms with van der Waals surface area (Å²) in [6.07, 6.45) is -1.06. The van der Waals surface area contributed by atoms with Gasteiger partial charge in [0.25, 0.3) is 6.02 Å². The van der Waals surface area contributed by atoms with E-state index in [4.69, 9.17) is 5.73 Å². The predicted molar refractivity (Wildman–Crippen MR) is 69.4 cm³/mol. The molecular weight excluding hydrogens is 303 g/mol. The molecule has 11 heteroatoms. The van der Waals surface area contributed by atoms with Crippen molar-refractivity contribution in [2.75, 3.05) is 6.61 Å². The van der Waals surface area contributed by atoms with Crippen LogP contribution >= 0.6 is 0 Å². The molecule has 0 saturated carbocycles. The smallest absolute Gasteiger partial charge is 0.411 e. The zero-order chi connectivity index (χ0) is 16.0. The third-order valence-electron chi connectivity index (χ3n) is 2.57. The Morgan fingerprint density at radius 2 is 2.18 bits per heavy atom. The van der Waals surface area contributed by atoms with Crippen molar-refractivity contribution >= 4 is 6.02 Å². The fourth-order valence-corrected chi connectivity index (χ4v) is 1.55. The molecule has 3 N–H and O–H groups in total. The van der Waals surface area contributed by atoms with E-state index in [1.165, 1.54) is 0 Å². The summed E-state index contributed by atoms with van der Waals surface area (Å²) in [5, 5.41) is 13.4. The Morgan fingerprint density at radius 1 is 1.36 bits per heavy atom. The highest BCUT2D eigenvalue weighted by Gasteiger charge is 2.41. The standard InChI is InChI=1S/C6H5N5.C5H7F3N2O/c1-2-5(4-7-3-1)6-8-10-11-9-6;6-5(7,8)3-1-2-11-4(9)10-3/h1-4H,(H,8,9,10,11);3H,1-2H2,(H2,9,10). The first kappa shape index (κ1) is 15.7. The molecule has 0 fully saturated rings. The fourth-order valence-electron chi connectivity index (χ4n) is 1.55. The predicted octanol–water partition coefficient (Wildman–Crippen LogP) is 0.914. The maximum Gasteiger partial charge on any atom is 0.411 e. The Hall–Kier alpha value is -2.72. The summed E-state index contributed by atoms with van der Waals surface area (Å²) < 4.78 is 40.2. The summed E-state index contributed by atoms with van der Waals surface area (Å²) >= 11 is 0. The molecule has 22 heavy (non-hydrogen) atoms. The van der Waals surface area contributed by atoms with Crippen LogP contribution in [0.5, 0.6) is 0 Å². The van der Waals surface area contributed by atoms with E-state index in [1.807, 2.05) is 12.1 Å². The van der Waals surface area contributed by atoms with Gasteiger partial charge in [-0.05, 0) is 17.3 Å². The Bertz CT molecular complexity index is 600. The minimum absolute atomic E-state index is 0.0144. The molecule has 3 rings (SSSR count). The van der Waals surface area contributed by atoms with Crippen LogP contribution in [-0.2, 0) is 4.74 Å². The Kier molecular flexibility index (Phi) is 4.86. The second-order valence-corrected chi connectivity index (χ2v) is 4.14. The molecule has 1 aliphatic rings. The molecular formula is C11H12F3N7O. The van der Waals surface area contributed by atoms with Crippen LogP contribution in [0.15, 0.2) is 29.5 Å². The van der Waals surface area contributed by atoms with Crippen LogP contribution in [0.1, 0.15) is 6.42 Å². The van der Waals surface area contributed by atoms with E-state index in [0.29, 0.717) is 5.82 Å². The average molecular weight is 315 g/mol. The lowest BCUT2D eigenvalue weighted by atomic mass is 10.2. The SMILES string of the molecule is NC1=NC(C(F)(F)F)CCO1.c1cncc(-c2nn[nH]n2)c1. The minimum Gasteiger partial charge on any atom is -0.465 e. The first-order valence-electron chi connectivity index (χ1n) is 6.13. The van der Waals surface area contributed by atoms with Crippen molar-refractivity contribution in [3.63, 3.8) is 0 Å². The number of nitrogens with one attached hydrogen (secondary N) is 1. The number of pyridine rings is 1. The number of aromatic nitrogens is 5. The van der Waals surface area contributed by atoms with Crippen molar-refractivity contribution in [2.45, 2.75) is 18.6 Å². The van der Waals surface area contributed by atoms with Gasteiger partial charge < -0.3 is 10.5 Å². The Morgan fingerprint density at radius 3 is 2.68 bits per heavy atom. The van der Waals surface area contributed by atoms with Gasteiger partial charge in [0, 0.05) is 24.4 Å². The summed E-state index contributed by atoms with van der Waals surface area (Å²) in [6.45, 7) is -0.0144. The summed E-state index contributed by atoms with van der Waals surface area (Å²) in [5.41, 5.74) is 5.81. The number of nitrogens with two attached hydrogens (primary N) is 1. The van der Waals surface area contributed by atoms with Gasteiger partial charge in [0.05, 0.1) is 6.61 Å². The van der Waals surface area contributed by atoms with Crippen LogP contribution < -0.4 is 5.73 Å². The topological polar surface area (TPSA) is 115 Å². The van der Waals surface area contributed by atoms with Crippen molar-refractivity contribution in [1.29, 1.82) is 0 Å². The molecule has 0 bridgehead atoms. The number of alkyl halides is 3. The second kappa shape index (κ2) is 6.83. The van der Waals surface area contributed by atoms with E-state index in [0.717, 1.165) is 5.56 Å². The van der Waals surface area contributed by atoms with Gasteiger partial charge in [-0.1, -0.05) is 0 Å². The maximum atomic E-state index is 11.9. The van der Waals surface area contributed by atoms with Gasteiger partial charge >= 0.3 is 6.18 Å². The van der Waals surface area contributed by atoms with Crippen LogP contribution in [0, 0.1) is 0 Å². The number of aliphatic imine (C=N–C) groups is 1. The molecule has 2 aromatic rings. The molecule has 1 atom stereocenters. The van der Waals surface area contributed by atoms with Crippen LogP contribution in [0.2, 0.25) is 0 Å². The molecule has 0 radical (unpaired) electrons. The quantitative estimate of drug-likeness (QED) is 0.808. The van der Waals surface area contributed by atoms with Crippen LogP contribution in [0.4, 0.5) is 13.2 Å². The number of H-pyrrole nitrogens is 1. The van der Waals surface area contributed by atoms with E-state index in [-0.39, 0.29) is 19.0 Å². The number of halogens is 3. The van der Waals surface area contributed by atoms with Crippen LogP contribution in [-0.4, -0.2) is 50.5 Å². The molecule has 1 unspecified atom stereocenters. The number of amidine groups is 1. The lowest BCUT2D eigenvalue weighted by Crippen LogP contribution is -2.36. The number of tetrazole rings is 1. The first-order valence-corrected chi connectivity index (χ1v) is 6.13. The lowest BCUT2D eigenvalue weighted by Gasteiger charge is -2.20. The molecule has 0 amide bonds. The van der Waals surface area contributed by atoms with Gasteiger partial charge in [0.1, 0.15) is 0 Å². The Labute approximate surface area is 122 Å². The molecule has 0 aliphatic carbocycles. The van der Waals surface area contributed by atoms with Gasteiger partial charge in [0.2, 0.25) is 5.82 Å². The number of hydrogen-bond acceptors (Lipinski definition) is 7. The minimum atomic E-state index is -4.30. The average Bonchev–Trinajstić information content (AvgIpc) is 3.02. The summed E-state index contributed by atoms with van der Waals surface area (Å²) in [4.78, 5) is 7.02. The van der Waals surface area contributed by atoms with Gasteiger partial charge in [-0.15, -0.1) is 10.2 Å². The maximum absolute atomic E-state index is 11.9. The van der Waals surface area contributed by atoms with E-state index in [9.17, 15) is 13.2 Å². The fraction of sp³-hybridized carbons (Fsp3) is 0.364. The third kappa shape index (κ3) is 4.40. The number of aromatic amines is 1. The highest BCUT2D eigenvalue weighted by molar-refractivity contribution is 5.72. The molecule has 118 valence electrons. The summed E-state index contributed by atoms with van der Waals surface area (Å²) in [5.74, 6) is 0.568. The molecule has 2 aromatic heterocycles.